The van der Waals surface area contributed by atoms with Gasteiger partial charge in [0.1, 0.15) is 0 Å². The number of carbonyl (C=O) groups excluding carboxylic acids is 1. The van der Waals surface area contributed by atoms with E-state index in [-0.39, 0.29) is 24.9 Å². The molecular formula is C14H29N3O3. The molecule has 118 valence electrons. The lowest BCUT2D eigenvalue weighted by Crippen LogP contribution is -2.42. The van der Waals surface area contributed by atoms with Gasteiger partial charge in [0.2, 0.25) is 5.91 Å². The van der Waals surface area contributed by atoms with Crippen LogP contribution in [0.5, 0.6) is 0 Å². The molecule has 0 aromatic carbocycles. The fraction of sp³-hybridized carbons (Fsp3) is 0.857. The molecule has 0 radical (unpaired) electrons. The first-order valence-electron chi connectivity index (χ1n) is 7.23. The van der Waals surface area contributed by atoms with Gasteiger partial charge in [-0.25, -0.2) is 0 Å². The minimum absolute atomic E-state index is 0.0328. The van der Waals surface area contributed by atoms with E-state index in [1.807, 2.05) is 32.8 Å². The van der Waals surface area contributed by atoms with E-state index in [1.54, 1.807) is 0 Å². The highest BCUT2D eigenvalue weighted by Crippen LogP contribution is 1.97. The third-order valence-electron chi connectivity index (χ3n) is 3.11. The van der Waals surface area contributed by atoms with Crippen molar-refractivity contribution in [1.82, 2.24) is 15.1 Å². The van der Waals surface area contributed by atoms with E-state index < -0.39 is 5.97 Å². The Hall–Kier alpha value is -1.14. The maximum Gasteiger partial charge on any atom is 0.304 e. The highest BCUT2D eigenvalue weighted by molar-refractivity contribution is 5.78. The Kier molecular flexibility index (Phi) is 10.0. The molecule has 0 aliphatic carbocycles. The fourth-order valence-corrected chi connectivity index (χ4v) is 1.76. The summed E-state index contributed by atoms with van der Waals surface area (Å²) in [5, 5.41) is 11.7. The van der Waals surface area contributed by atoms with E-state index >= 15 is 0 Å². The van der Waals surface area contributed by atoms with Crippen LogP contribution in [0.4, 0.5) is 0 Å². The number of nitrogens with zero attached hydrogens (tertiary/aromatic N) is 2. The van der Waals surface area contributed by atoms with E-state index in [9.17, 15) is 9.59 Å². The molecule has 0 aliphatic rings. The Labute approximate surface area is 122 Å². The highest BCUT2D eigenvalue weighted by Gasteiger charge is 2.13. The lowest BCUT2D eigenvalue weighted by Gasteiger charge is -2.23. The monoisotopic (exact) mass is 287 g/mol. The summed E-state index contributed by atoms with van der Waals surface area (Å²) in [4.78, 5) is 26.5. The van der Waals surface area contributed by atoms with Crippen LogP contribution in [-0.4, -0.2) is 73.1 Å². The average Bonchev–Trinajstić information content (AvgIpc) is 2.34. The SMILES string of the molecule is CCC(C)NC(=O)CN(CCCN(C)C)CCC(=O)O. The second kappa shape index (κ2) is 10.6. The summed E-state index contributed by atoms with van der Waals surface area (Å²) in [6, 6.07) is 0.158. The third kappa shape index (κ3) is 10.8. The highest BCUT2D eigenvalue weighted by atomic mass is 16.4. The molecule has 1 unspecified atom stereocenters. The van der Waals surface area contributed by atoms with Crippen LogP contribution in [0.1, 0.15) is 33.1 Å². The number of aliphatic carboxylic acids is 1. The Morgan fingerprint density at radius 1 is 1.20 bits per heavy atom. The first kappa shape index (κ1) is 18.9. The van der Waals surface area contributed by atoms with Crippen LogP contribution in [0.2, 0.25) is 0 Å². The second-order valence-electron chi connectivity index (χ2n) is 5.45. The van der Waals surface area contributed by atoms with Crippen molar-refractivity contribution in [3.8, 4) is 0 Å². The molecule has 1 amide bonds. The lowest BCUT2D eigenvalue weighted by molar-refractivity contribution is -0.137. The maximum absolute atomic E-state index is 11.9. The summed E-state index contributed by atoms with van der Waals surface area (Å²) in [5.41, 5.74) is 0. The van der Waals surface area contributed by atoms with Gasteiger partial charge >= 0.3 is 5.97 Å². The van der Waals surface area contributed by atoms with Crippen molar-refractivity contribution in [3.63, 3.8) is 0 Å². The molecule has 0 aromatic rings. The number of nitrogens with one attached hydrogen (secondary N) is 1. The van der Waals surface area contributed by atoms with Crippen LogP contribution >= 0.6 is 0 Å². The quantitative estimate of drug-likeness (QED) is 0.583. The molecule has 6 heteroatoms. The van der Waals surface area contributed by atoms with Crippen LogP contribution in [0.15, 0.2) is 0 Å². The van der Waals surface area contributed by atoms with E-state index in [1.165, 1.54) is 0 Å². The van der Waals surface area contributed by atoms with E-state index in [0.717, 1.165) is 25.9 Å². The number of carboxylic acid groups (broad SMARTS) is 1. The summed E-state index contributed by atoms with van der Waals surface area (Å²) in [6.07, 6.45) is 1.88. The summed E-state index contributed by atoms with van der Waals surface area (Å²) in [7, 11) is 3.99. The number of carbonyl (C=O) groups is 2. The molecule has 6 nitrogen and oxygen atoms in total. The molecule has 0 rings (SSSR count). The standard InChI is InChI=1S/C14H29N3O3/c1-5-12(2)15-13(18)11-17(10-7-14(19)20)9-6-8-16(3)4/h12H,5-11H2,1-4H3,(H,15,18)(H,19,20). The van der Waals surface area contributed by atoms with Crippen LogP contribution < -0.4 is 5.32 Å². The Morgan fingerprint density at radius 2 is 1.85 bits per heavy atom. The van der Waals surface area contributed by atoms with Crippen molar-refractivity contribution >= 4 is 11.9 Å². The van der Waals surface area contributed by atoms with Gasteiger partial charge in [0.05, 0.1) is 13.0 Å². The zero-order valence-corrected chi connectivity index (χ0v) is 13.2. The van der Waals surface area contributed by atoms with Crippen molar-refractivity contribution in [2.24, 2.45) is 0 Å². The van der Waals surface area contributed by atoms with Gasteiger partial charge in [-0.3, -0.25) is 14.5 Å². The van der Waals surface area contributed by atoms with Crippen LogP contribution in [0.25, 0.3) is 0 Å². The van der Waals surface area contributed by atoms with Gasteiger partial charge in [0, 0.05) is 12.6 Å². The smallest absolute Gasteiger partial charge is 0.304 e. The Bertz CT molecular complexity index is 295. The number of hydrogen-bond donors (Lipinski definition) is 2. The van der Waals surface area contributed by atoms with Gasteiger partial charge in [-0.05, 0) is 47.0 Å². The molecule has 0 saturated heterocycles. The summed E-state index contributed by atoms with van der Waals surface area (Å²) in [6.45, 7) is 6.33. The molecule has 0 fully saturated rings. The van der Waals surface area contributed by atoms with Crippen molar-refractivity contribution in [1.29, 1.82) is 0 Å². The van der Waals surface area contributed by atoms with E-state index in [2.05, 4.69) is 10.2 Å². The van der Waals surface area contributed by atoms with Gasteiger partial charge in [0.25, 0.3) is 0 Å². The Morgan fingerprint density at radius 3 is 2.35 bits per heavy atom. The topological polar surface area (TPSA) is 72.9 Å². The van der Waals surface area contributed by atoms with Crippen LogP contribution in [0.3, 0.4) is 0 Å². The van der Waals surface area contributed by atoms with Crippen molar-refractivity contribution in [3.05, 3.63) is 0 Å². The van der Waals surface area contributed by atoms with Crippen LogP contribution in [-0.2, 0) is 9.59 Å². The largest absolute Gasteiger partial charge is 0.481 e. The zero-order valence-electron chi connectivity index (χ0n) is 13.2. The number of amides is 1. The average molecular weight is 287 g/mol. The molecule has 0 heterocycles. The molecule has 1 atom stereocenters. The second-order valence-corrected chi connectivity index (χ2v) is 5.45. The molecular weight excluding hydrogens is 258 g/mol. The van der Waals surface area contributed by atoms with Crippen molar-refractivity contribution < 1.29 is 14.7 Å². The predicted molar refractivity (Wildman–Crippen MR) is 79.8 cm³/mol. The third-order valence-corrected chi connectivity index (χ3v) is 3.11. The molecule has 0 saturated carbocycles. The predicted octanol–water partition coefficient (Wildman–Crippen LogP) is 0.630. The van der Waals surface area contributed by atoms with E-state index in [0.29, 0.717) is 6.54 Å². The fourth-order valence-electron chi connectivity index (χ4n) is 1.76. The Balaban J connectivity index is 4.21. The van der Waals surface area contributed by atoms with Gasteiger partial charge in [-0.15, -0.1) is 0 Å². The van der Waals surface area contributed by atoms with E-state index in [4.69, 9.17) is 5.11 Å². The van der Waals surface area contributed by atoms with Gasteiger partial charge < -0.3 is 15.3 Å². The number of rotatable bonds is 11. The van der Waals surface area contributed by atoms with Gasteiger partial charge in [-0.2, -0.15) is 0 Å². The first-order chi connectivity index (χ1) is 9.35. The van der Waals surface area contributed by atoms with Crippen LogP contribution in [0, 0.1) is 0 Å². The summed E-state index contributed by atoms with van der Waals surface area (Å²) < 4.78 is 0. The molecule has 20 heavy (non-hydrogen) atoms. The lowest BCUT2D eigenvalue weighted by atomic mass is 10.2. The first-order valence-corrected chi connectivity index (χ1v) is 7.23. The molecule has 2 N–H and O–H groups in total. The van der Waals surface area contributed by atoms with Crippen molar-refractivity contribution in [2.75, 3.05) is 40.3 Å². The molecule has 0 aliphatic heterocycles. The molecule has 0 spiro atoms. The molecule has 0 bridgehead atoms. The summed E-state index contributed by atoms with van der Waals surface area (Å²) in [5.74, 6) is -0.862. The minimum Gasteiger partial charge on any atom is -0.481 e. The zero-order chi connectivity index (χ0) is 15.5. The van der Waals surface area contributed by atoms with Gasteiger partial charge in [-0.1, -0.05) is 6.92 Å². The van der Waals surface area contributed by atoms with Gasteiger partial charge in [0.15, 0.2) is 0 Å². The maximum atomic E-state index is 11.9. The minimum atomic E-state index is -0.829. The summed E-state index contributed by atoms with van der Waals surface area (Å²) >= 11 is 0. The number of hydrogen-bond acceptors (Lipinski definition) is 4. The normalized spacial score (nSPS) is 12.7. The number of carboxylic acids is 1. The molecule has 0 aromatic heterocycles. The van der Waals surface area contributed by atoms with Crippen molar-refractivity contribution in [2.45, 2.75) is 39.2 Å².